The summed E-state index contributed by atoms with van der Waals surface area (Å²) in [5.41, 5.74) is 5.41. The first-order valence-electron chi connectivity index (χ1n) is 4.82. The molecule has 0 saturated carbocycles. The number of nitrogen functional groups attached to an aromatic ring is 1. The third-order valence-corrected chi connectivity index (χ3v) is 2.91. The molecular formula is C9H15N3O3S. The van der Waals surface area contributed by atoms with Gasteiger partial charge in [0.05, 0.1) is 11.0 Å². The van der Waals surface area contributed by atoms with Gasteiger partial charge in [-0.25, -0.2) is 4.98 Å². The van der Waals surface area contributed by atoms with Crippen molar-refractivity contribution in [3.63, 3.8) is 0 Å². The van der Waals surface area contributed by atoms with Crippen LogP contribution in [0.2, 0.25) is 0 Å². The fourth-order valence-corrected chi connectivity index (χ4v) is 1.91. The van der Waals surface area contributed by atoms with E-state index in [1.807, 2.05) is 0 Å². The van der Waals surface area contributed by atoms with Crippen LogP contribution in [-0.2, 0) is 4.79 Å². The maximum Gasteiger partial charge on any atom is 0.216 e. The lowest BCUT2D eigenvalue weighted by Crippen LogP contribution is -2.27. The maximum atomic E-state index is 10.6. The summed E-state index contributed by atoms with van der Waals surface area (Å²) in [6, 6.07) is 0. The minimum absolute atomic E-state index is 0.163. The highest BCUT2D eigenvalue weighted by Gasteiger charge is 2.20. The number of hydrogen-bond donors (Lipinski definition) is 4. The number of hydrogen-bond acceptors (Lipinski definition) is 6. The Labute approximate surface area is 97.1 Å². The smallest absolute Gasteiger partial charge is 0.216 e. The first-order chi connectivity index (χ1) is 7.50. The van der Waals surface area contributed by atoms with Crippen LogP contribution < -0.4 is 11.1 Å². The van der Waals surface area contributed by atoms with Gasteiger partial charge in [-0.2, -0.15) is 0 Å². The largest absolute Gasteiger partial charge is 0.390 e. The molecule has 2 atom stereocenters. The molecule has 0 aliphatic carbocycles. The molecule has 0 bridgehead atoms. The Balaban J connectivity index is 2.41. The van der Waals surface area contributed by atoms with Gasteiger partial charge >= 0.3 is 0 Å². The molecule has 0 aromatic carbocycles. The van der Waals surface area contributed by atoms with Crippen LogP contribution in [0.4, 0.5) is 5.13 Å². The van der Waals surface area contributed by atoms with Gasteiger partial charge in [0.1, 0.15) is 6.10 Å². The Morgan fingerprint density at radius 1 is 1.69 bits per heavy atom. The number of rotatable bonds is 5. The number of anilines is 1. The summed E-state index contributed by atoms with van der Waals surface area (Å²) in [5, 5.41) is 22.2. The molecule has 1 heterocycles. The minimum Gasteiger partial charge on any atom is -0.390 e. The zero-order chi connectivity index (χ0) is 12.1. The van der Waals surface area contributed by atoms with Crippen molar-refractivity contribution in [3.05, 3.63) is 11.1 Å². The number of nitrogens with zero attached hydrogens (tertiary/aromatic N) is 1. The lowest BCUT2D eigenvalue weighted by Gasteiger charge is -2.15. The van der Waals surface area contributed by atoms with Crippen molar-refractivity contribution in [1.82, 2.24) is 10.3 Å². The molecule has 0 aliphatic heterocycles. The van der Waals surface area contributed by atoms with Crippen molar-refractivity contribution in [2.75, 3.05) is 12.3 Å². The summed E-state index contributed by atoms with van der Waals surface area (Å²) in [6.07, 6.45) is -0.236. The monoisotopic (exact) mass is 245 g/mol. The van der Waals surface area contributed by atoms with Crippen LogP contribution in [0.3, 0.4) is 0 Å². The van der Waals surface area contributed by atoms with Gasteiger partial charge < -0.3 is 21.3 Å². The summed E-state index contributed by atoms with van der Waals surface area (Å²) in [6.45, 7) is 1.72. The molecule has 1 aromatic heterocycles. The quantitative estimate of drug-likeness (QED) is 0.567. The van der Waals surface area contributed by atoms with Crippen LogP contribution in [0.15, 0.2) is 6.20 Å². The molecule has 0 fully saturated rings. The van der Waals surface area contributed by atoms with E-state index in [4.69, 9.17) is 5.73 Å². The second-order valence-electron chi connectivity index (χ2n) is 3.38. The zero-order valence-electron chi connectivity index (χ0n) is 8.88. The molecular weight excluding hydrogens is 230 g/mol. The van der Waals surface area contributed by atoms with Crippen molar-refractivity contribution in [1.29, 1.82) is 0 Å². The third-order valence-electron chi connectivity index (χ3n) is 2.01. The third kappa shape index (κ3) is 3.76. The average Bonchev–Trinajstić information content (AvgIpc) is 2.63. The molecule has 0 aliphatic rings. The number of aliphatic hydroxyl groups excluding tert-OH is 2. The van der Waals surface area contributed by atoms with Crippen LogP contribution >= 0.6 is 11.3 Å². The summed E-state index contributed by atoms with van der Waals surface area (Å²) >= 11 is 1.13. The van der Waals surface area contributed by atoms with E-state index in [0.717, 1.165) is 11.3 Å². The molecule has 2 unspecified atom stereocenters. The molecule has 6 nitrogen and oxygen atoms in total. The Kier molecular flexibility index (Phi) is 4.66. The van der Waals surface area contributed by atoms with E-state index in [0.29, 0.717) is 16.6 Å². The number of carbonyl (C=O) groups excluding carboxylic acids is 1. The van der Waals surface area contributed by atoms with Gasteiger partial charge in [-0.3, -0.25) is 4.79 Å². The molecule has 1 rings (SSSR count). The topological polar surface area (TPSA) is 108 Å². The van der Waals surface area contributed by atoms with Crippen molar-refractivity contribution < 1.29 is 15.0 Å². The van der Waals surface area contributed by atoms with E-state index in [-0.39, 0.29) is 12.3 Å². The molecule has 1 amide bonds. The van der Waals surface area contributed by atoms with Gasteiger partial charge in [0, 0.05) is 19.7 Å². The van der Waals surface area contributed by atoms with E-state index in [2.05, 4.69) is 10.3 Å². The van der Waals surface area contributed by atoms with Gasteiger partial charge in [-0.1, -0.05) is 11.3 Å². The van der Waals surface area contributed by atoms with E-state index in [1.54, 1.807) is 0 Å². The Hall–Kier alpha value is -1.18. The van der Waals surface area contributed by atoms with Crippen molar-refractivity contribution in [3.8, 4) is 0 Å². The number of thiazole rings is 1. The van der Waals surface area contributed by atoms with Crippen LogP contribution in [0.25, 0.3) is 0 Å². The van der Waals surface area contributed by atoms with Gasteiger partial charge in [-0.15, -0.1) is 0 Å². The molecule has 1 aromatic rings. The molecule has 0 radical (unpaired) electrons. The second-order valence-corrected chi connectivity index (χ2v) is 4.48. The zero-order valence-corrected chi connectivity index (χ0v) is 9.70. The Bertz CT molecular complexity index is 356. The van der Waals surface area contributed by atoms with Gasteiger partial charge in [0.15, 0.2) is 5.13 Å². The lowest BCUT2D eigenvalue weighted by atomic mass is 10.1. The average molecular weight is 245 g/mol. The second kappa shape index (κ2) is 5.78. The first kappa shape index (κ1) is 12.9. The minimum atomic E-state index is -1.01. The lowest BCUT2D eigenvalue weighted by molar-refractivity contribution is -0.119. The Morgan fingerprint density at radius 3 is 2.88 bits per heavy atom. The van der Waals surface area contributed by atoms with Crippen LogP contribution in [0.1, 0.15) is 24.3 Å². The highest BCUT2D eigenvalue weighted by atomic mass is 32.1. The van der Waals surface area contributed by atoms with Gasteiger partial charge in [0.2, 0.25) is 5.91 Å². The molecule has 5 N–H and O–H groups in total. The summed E-state index contributed by atoms with van der Waals surface area (Å²) in [7, 11) is 0. The van der Waals surface area contributed by atoms with Gasteiger partial charge in [0.25, 0.3) is 0 Å². The fourth-order valence-electron chi connectivity index (χ4n) is 1.18. The number of amides is 1. The molecule has 0 spiro atoms. The number of aliphatic hydroxyl groups is 2. The SMILES string of the molecule is CC(=O)NCCC(O)C(O)c1cnc(N)s1. The van der Waals surface area contributed by atoms with E-state index >= 15 is 0 Å². The predicted octanol–water partition coefficient (Wildman–Crippen LogP) is -0.354. The van der Waals surface area contributed by atoms with Crippen LogP contribution in [0, 0.1) is 0 Å². The van der Waals surface area contributed by atoms with Crippen molar-refractivity contribution in [2.24, 2.45) is 0 Å². The van der Waals surface area contributed by atoms with Crippen molar-refractivity contribution in [2.45, 2.75) is 25.6 Å². The van der Waals surface area contributed by atoms with Gasteiger partial charge in [-0.05, 0) is 6.42 Å². The number of nitrogens with two attached hydrogens (primary N) is 1. The maximum absolute atomic E-state index is 10.6. The number of nitrogens with one attached hydrogen (secondary N) is 1. The van der Waals surface area contributed by atoms with E-state index in [9.17, 15) is 15.0 Å². The Morgan fingerprint density at radius 2 is 2.38 bits per heavy atom. The number of aromatic nitrogens is 1. The van der Waals surface area contributed by atoms with Crippen molar-refractivity contribution >= 4 is 22.4 Å². The van der Waals surface area contributed by atoms with E-state index < -0.39 is 12.2 Å². The van der Waals surface area contributed by atoms with E-state index in [1.165, 1.54) is 13.1 Å². The standard InChI is InChI=1S/C9H15N3O3S/c1-5(13)11-3-2-6(14)8(15)7-4-12-9(10)16-7/h4,6,8,14-15H,2-3H2,1H3,(H2,10,12)(H,11,13). The molecule has 90 valence electrons. The highest BCUT2D eigenvalue weighted by Crippen LogP contribution is 2.25. The van der Waals surface area contributed by atoms with Crippen LogP contribution in [0.5, 0.6) is 0 Å². The predicted molar refractivity (Wildman–Crippen MR) is 60.8 cm³/mol. The number of carbonyl (C=O) groups is 1. The fraction of sp³-hybridized carbons (Fsp3) is 0.556. The first-order valence-corrected chi connectivity index (χ1v) is 5.64. The summed E-state index contributed by atoms with van der Waals surface area (Å²) in [5.74, 6) is -0.163. The normalized spacial score (nSPS) is 14.4. The molecule has 0 saturated heterocycles. The highest BCUT2D eigenvalue weighted by molar-refractivity contribution is 7.15. The molecule has 7 heteroatoms. The molecule has 16 heavy (non-hydrogen) atoms. The summed E-state index contributed by atoms with van der Waals surface area (Å²) < 4.78 is 0. The summed E-state index contributed by atoms with van der Waals surface area (Å²) in [4.78, 5) is 14.9. The van der Waals surface area contributed by atoms with Crippen LogP contribution in [-0.4, -0.2) is 33.8 Å².